The molecule has 4 aromatic heterocycles. The molecule has 0 saturated carbocycles. The number of fused-ring (bicyclic) bond motifs is 1. The first-order valence-corrected chi connectivity index (χ1v) is 12.8. The van der Waals surface area contributed by atoms with Crippen molar-refractivity contribution in [2.45, 2.75) is 51.7 Å². The molecule has 4 aromatic rings. The number of aryl methyl sites for hydroxylation is 3. The summed E-state index contributed by atoms with van der Waals surface area (Å²) >= 11 is 3.18. The molecular weight excluding hydrogens is 458 g/mol. The summed E-state index contributed by atoms with van der Waals surface area (Å²) < 4.78 is 12.7. The molecule has 0 amide bonds. The standard InChI is InChI=1S/C23H27N5O3S2/c1-4-30-13-6-12-28-22(29)19-15(2)16(3)33-21(19)26-23(28)32-14-5-7-18-25-20(27-31-18)17-8-10-24-11-9-17/h8-11H,4-7,12-14H2,1-3H3. The van der Waals surface area contributed by atoms with Gasteiger partial charge in [-0.05, 0) is 51.3 Å². The predicted molar refractivity (Wildman–Crippen MR) is 131 cm³/mol. The number of pyridine rings is 1. The summed E-state index contributed by atoms with van der Waals surface area (Å²) in [5.41, 5.74) is 1.95. The molecule has 0 fully saturated rings. The number of rotatable bonds is 11. The zero-order chi connectivity index (χ0) is 23.2. The highest BCUT2D eigenvalue weighted by molar-refractivity contribution is 7.99. The van der Waals surface area contributed by atoms with Crippen molar-refractivity contribution < 1.29 is 9.26 Å². The van der Waals surface area contributed by atoms with E-state index in [0.29, 0.717) is 37.9 Å². The Labute approximate surface area is 200 Å². The Bertz CT molecular complexity index is 1270. The van der Waals surface area contributed by atoms with E-state index in [9.17, 15) is 4.79 Å². The van der Waals surface area contributed by atoms with Gasteiger partial charge >= 0.3 is 0 Å². The molecule has 10 heteroatoms. The van der Waals surface area contributed by atoms with Crippen molar-refractivity contribution >= 4 is 33.3 Å². The van der Waals surface area contributed by atoms with Gasteiger partial charge in [-0.3, -0.25) is 14.3 Å². The van der Waals surface area contributed by atoms with Crippen molar-refractivity contribution in [1.29, 1.82) is 0 Å². The van der Waals surface area contributed by atoms with E-state index in [4.69, 9.17) is 14.2 Å². The molecule has 0 aromatic carbocycles. The Morgan fingerprint density at radius 3 is 2.79 bits per heavy atom. The zero-order valence-electron chi connectivity index (χ0n) is 19.0. The fraction of sp³-hybridized carbons (Fsp3) is 0.435. The lowest BCUT2D eigenvalue weighted by molar-refractivity contribution is 0.140. The molecule has 0 aliphatic rings. The number of aromatic nitrogens is 5. The van der Waals surface area contributed by atoms with Crippen LogP contribution in [-0.4, -0.2) is 43.6 Å². The number of thiophene rings is 1. The summed E-state index contributed by atoms with van der Waals surface area (Å²) in [5, 5.41) is 5.55. The number of ether oxygens (including phenoxy) is 1. The van der Waals surface area contributed by atoms with Crippen LogP contribution in [-0.2, 0) is 17.7 Å². The summed E-state index contributed by atoms with van der Waals surface area (Å²) in [6.07, 6.45) is 5.68. The third kappa shape index (κ3) is 5.51. The summed E-state index contributed by atoms with van der Waals surface area (Å²) in [6, 6.07) is 3.70. The van der Waals surface area contributed by atoms with Gasteiger partial charge in [0.15, 0.2) is 5.16 Å². The highest BCUT2D eigenvalue weighted by atomic mass is 32.2. The van der Waals surface area contributed by atoms with Crippen LogP contribution in [0.25, 0.3) is 21.6 Å². The van der Waals surface area contributed by atoms with Crippen molar-refractivity contribution in [1.82, 2.24) is 24.7 Å². The Morgan fingerprint density at radius 2 is 2.00 bits per heavy atom. The minimum Gasteiger partial charge on any atom is -0.382 e. The van der Waals surface area contributed by atoms with E-state index in [1.807, 2.05) is 32.9 Å². The maximum atomic E-state index is 13.3. The molecular formula is C23H27N5O3S2. The average molecular weight is 486 g/mol. The first-order chi connectivity index (χ1) is 16.1. The SMILES string of the molecule is CCOCCCn1c(SCCCc2nc(-c3ccncc3)no2)nc2sc(C)c(C)c2c1=O. The van der Waals surface area contributed by atoms with Crippen molar-refractivity contribution in [2.75, 3.05) is 19.0 Å². The van der Waals surface area contributed by atoms with Gasteiger partial charge in [0, 0.05) is 54.8 Å². The maximum absolute atomic E-state index is 13.3. The molecule has 0 unspecified atom stereocenters. The minimum atomic E-state index is 0.0414. The first kappa shape index (κ1) is 23.6. The second-order valence-electron chi connectivity index (χ2n) is 7.56. The quantitative estimate of drug-likeness (QED) is 0.172. The molecule has 0 atom stereocenters. The van der Waals surface area contributed by atoms with Crippen LogP contribution in [0.3, 0.4) is 0 Å². The van der Waals surface area contributed by atoms with Gasteiger partial charge in [0.1, 0.15) is 4.83 Å². The van der Waals surface area contributed by atoms with Crippen molar-refractivity contribution in [3.8, 4) is 11.4 Å². The minimum absolute atomic E-state index is 0.0414. The average Bonchev–Trinajstić information content (AvgIpc) is 3.41. The van der Waals surface area contributed by atoms with Crippen molar-refractivity contribution in [2.24, 2.45) is 0 Å². The van der Waals surface area contributed by atoms with Crippen LogP contribution in [0.4, 0.5) is 0 Å². The van der Waals surface area contributed by atoms with E-state index in [1.54, 1.807) is 40.1 Å². The number of thioether (sulfide) groups is 1. The molecule has 0 N–H and O–H groups in total. The lowest BCUT2D eigenvalue weighted by Crippen LogP contribution is -2.24. The van der Waals surface area contributed by atoms with E-state index in [-0.39, 0.29) is 5.56 Å². The van der Waals surface area contributed by atoms with E-state index in [1.165, 1.54) is 0 Å². The fourth-order valence-electron chi connectivity index (χ4n) is 3.45. The third-order valence-corrected chi connectivity index (χ3v) is 7.46. The monoisotopic (exact) mass is 485 g/mol. The summed E-state index contributed by atoms with van der Waals surface area (Å²) in [7, 11) is 0. The molecule has 0 spiro atoms. The number of hydrogen-bond acceptors (Lipinski definition) is 9. The van der Waals surface area contributed by atoms with E-state index >= 15 is 0 Å². The molecule has 0 aliphatic heterocycles. The normalized spacial score (nSPS) is 11.5. The second-order valence-corrected chi connectivity index (χ2v) is 9.83. The molecule has 0 radical (unpaired) electrons. The number of nitrogens with zero attached hydrogens (tertiary/aromatic N) is 5. The lowest BCUT2D eigenvalue weighted by atomic mass is 10.2. The summed E-state index contributed by atoms with van der Waals surface area (Å²) in [4.78, 5) is 28.6. The highest BCUT2D eigenvalue weighted by Gasteiger charge is 2.17. The third-order valence-electron chi connectivity index (χ3n) is 5.30. The van der Waals surface area contributed by atoms with Gasteiger partial charge in [0.05, 0.1) is 5.39 Å². The first-order valence-electron chi connectivity index (χ1n) is 11.0. The fourth-order valence-corrected chi connectivity index (χ4v) is 5.48. The molecule has 4 heterocycles. The van der Waals surface area contributed by atoms with E-state index < -0.39 is 0 Å². The molecule has 8 nitrogen and oxygen atoms in total. The Morgan fingerprint density at radius 1 is 1.18 bits per heavy atom. The molecule has 174 valence electrons. The topological polar surface area (TPSA) is 95.9 Å². The van der Waals surface area contributed by atoms with E-state index in [0.717, 1.165) is 50.0 Å². The van der Waals surface area contributed by atoms with E-state index in [2.05, 4.69) is 15.1 Å². The Kier molecular flexibility index (Phi) is 7.89. The zero-order valence-corrected chi connectivity index (χ0v) is 20.7. The van der Waals surface area contributed by atoms with Crippen molar-refractivity contribution in [3.05, 3.63) is 51.2 Å². The van der Waals surface area contributed by atoms with Crippen LogP contribution < -0.4 is 5.56 Å². The largest absolute Gasteiger partial charge is 0.382 e. The van der Waals surface area contributed by atoms with Gasteiger partial charge in [0.25, 0.3) is 5.56 Å². The smallest absolute Gasteiger partial charge is 0.263 e. The molecule has 0 saturated heterocycles. The van der Waals surface area contributed by atoms with Crippen LogP contribution in [0.2, 0.25) is 0 Å². The van der Waals surface area contributed by atoms with Crippen LogP contribution >= 0.6 is 23.1 Å². The van der Waals surface area contributed by atoms with Crippen LogP contribution in [0.5, 0.6) is 0 Å². The predicted octanol–water partition coefficient (Wildman–Crippen LogP) is 4.67. The Hall–Kier alpha value is -2.56. The maximum Gasteiger partial charge on any atom is 0.263 e. The van der Waals surface area contributed by atoms with Gasteiger partial charge < -0.3 is 9.26 Å². The van der Waals surface area contributed by atoms with Gasteiger partial charge in [0.2, 0.25) is 11.7 Å². The molecule has 33 heavy (non-hydrogen) atoms. The molecule has 4 rings (SSSR count). The van der Waals surface area contributed by atoms with Crippen LogP contribution in [0.15, 0.2) is 39.0 Å². The lowest BCUT2D eigenvalue weighted by Gasteiger charge is -2.12. The van der Waals surface area contributed by atoms with Gasteiger partial charge in [-0.1, -0.05) is 16.9 Å². The van der Waals surface area contributed by atoms with Crippen LogP contribution in [0.1, 0.15) is 36.1 Å². The summed E-state index contributed by atoms with van der Waals surface area (Å²) in [6.45, 7) is 7.91. The molecule has 0 bridgehead atoms. The van der Waals surface area contributed by atoms with Crippen molar-refractivity contribution in [3.63, 3.8) is 0 Å². The summed E-state index contributed by atoms with van der Waals surface area (Å²) in [5.74, 6) is 1.96. The number of hydrogen-bond donors (Lipinski definition) is 0. The second kappa shape index (κ2) is 11.0. The van der Waals surface area contributed by atoms with Gasteiger partial charge in [-0.25, -0.2) is 4.98 Å². The Balaban J connectivity index is 1.44. The van der Waals surface area contributed by atoms with Crippen LogP contribution in [0, 0.1) is 13.8 Å². The molecule has 0 aliphatic carbocycles. The van der Waals surface area contributed by atoms with Gasteiger partial charge in [-0.2, -0.15) is 4.98 Å². The van der Waals surface area contributed by atoms with Gasteiger partial charge in [-0.15, -0.1) is 11.3 Å². The highest BCUT2D eigenvalue weighted by Crippen LogP contribution is 2.29.